The summed E-state index contributed by atoms with van der Waals surface area (Å²) in [6.07, 6.45) is 0.476. The number of piperazine rings is 1. The Labute approximate surface area is 142 Å². The molecule has 1 aromatic rings. The molecule has 0 aromatic heterocycles. The molecule has 0 radical (unpaired) electrons. The molecule has 2 aliphatic rings. The highest BCUT2D eigenvalue weighted by molar-refractivity contribution is 7.91. The van der Waals surface area contributed by atoms with Crippen LogP contribution in [0.5, 0.6) is 0 Å². The topological polar surface area (TPSA) is 57.7 Å². The van der Waals surface area contributed by atoms with Gasteiger partial charge in [-0.3, -0.25) is 9.69 Å². The summed E-state index contributed by atoms with van der Waals surface area (Å²) >= 11 is 6.00. The summed E-state index contributed by atoms with van der Waals surface area (Å²) in [6, 6.07) is 7.81. The van der Waals surface area contributed by atoms with Crippen LogP contribution in [-0.4, -0.2) is 61.8 Å². The zero-order valence-electron chi connectivity index (χ0n) is 12.9. The smallest absolute Gasteiger partial charge is 0.226 e. The molecule has 1 unspecified atom stereocenters. The Bertz CT molecular complexity index is 684. The minimum absolute atomic E-state index is 0.00785. The van der Waals surface area contributed by atoms with Gasteiger partial charge in [-0.2, -0.15) is 0 Å². The van der Waals surface area contributed by atoms with Crippen LogP contribution in [0.3, 0.4) is 0 Å². The van der Waals surface area contributed by atoms with Gasteiger partial charge in [0.25, 0.3) is 0 Å². The molecule has 0 spiro atoms. The van der Waals surface area contributed by atoms with Crippen LogP contribution in [0, 0.1) is 5.92 Å². The van der Waals surface area contributed by atoms with Crippen molar-refractivity contribution in [3.8, 4) is 0 Å². The van der Waals surface area contributed by atoms with Crippen molar-refractivity contribution >= 4 is 27.3 Å². The van der Waals surface area contributed by atoms with Crippen LogP contribution in [0.15, 0.2) is 24.3 Å². The number of hydrogen-bond acceptors (Lipinski definition) is 4. The third-order valence-electron chi connectivity index (χ3n) is 4.56. The van der Waals surface area contributed by atoms with Gasteiger partial charge in [-0.25, -0.2) is 8.42 Å². The van der Waals surface area contributed by atoms with Gasteiger partial charge >= 0.3 is 0 Å². The predicted molar refractivity (Wildman–Crippen MR) is 90.1 cm³/mol. The molecule has 1 atom stereocenters. The fourth-order valence-corrected chi connectivity index (χ4v) is 5.21. The van der Waals surface area contributed by atoms with E-state index in [0.717, 1.165) is 24.7 Å². The Morgan fingerprint density at radius 3 is 2.57 bits per heavy atom. The van der Waals surface area contributed by atoms with E-state index in [9.17, 15) is 13.2 Å². The maximum Gasteiger partial charge on any atom is 0.226 e. The molecule has 1 aromatic carbocycles. The van der Waals surface area contributed by atoms with Crippen LogP contribution in [0.2, 0.25) is 5.02 Å². The zero-order chi connectivity index (χ0) is 16.4. The first-order chi connectivity index (χ1) is 10.9. The van der Waals surface area contributed by atoms with Gasteiger partial charge in [0.05, 0.1) is 17.4 Å². The van der Waals surface area contributed by atoms with Crippen LogP contribution in [0.25, 0.3) is 0 Å². The lowest BCUT2D eigenvalue weighted by Crippen LogP contribution is -2.50. The van der Waals surface area contributed by atoms with Crippen LogP contribution < -0.4 is 0 Å². The molecule has 126 valence electrons. The summed E-state index contributed by atoms with van der Waals surface area (Å²) in [6.45, 7) is 3.75. The third kappa shape index (κ3) is 4.25. The number of rotatable bonds is 3. The second-order valence-electron chi connectivity index (χ2n) is 6.33. The minimum atomic E-state index is -3.01. The molecule has 23 heavy (non-hydrogen) atoms. The number of sulfone groups is 1. The number of carbonyl (C=O) groups is 1. The lowest BCUT2D eigenvalue weighted by molar-refractivity contribution is -0.136. The Morgan fingerprint density at radius 2 is 1.96 bits per heavy atom. The number of halogens is 1. The molecular formula is C16H21ClN2O3S. The molecule has 1 amide bonds. The maximum absolute atomic E-state index is 12.4. The average Bonchev–Trinajstić information content (AvgIpc) is 2.87. The lowest BCUT2D eigenvalue weighted by atomic mass is 10.1. The summed E-state index contributed by atoms with van der Waals surface area (Å²) in [4.78, 5) is 16.5. The summed E-state index contributed by atoms with van der Waals surface area (Å²) in [5.41, 5.74) is 1.17. The van der Waals surface area contributed by atoms with Gasteiger partial charge in [0.15, 0.2) is 9.84 Å². The van der Waals surface area contributed by atoms with Gasteiger partial charge in [0, 0.05) is 37.7 Å². The van der Waals surface area contributed by atoms with E-state index in [4.69, 9.17) is 11.6 Å². The normalized spacial score (nSPS) is 24.7. The van der Waals surface area contributed by atoms with Gasteiger partial charge in [-0.1, -0.05) is 23.7 Å². The van der Waals surface area contributed by atoms with Gasteiger partial charge < -0.3 is 4.90 Å². The SMILES string of the molecule is O=C(C1CCS(=O)(=O)C1)N1CCN(Cc2cccc(Cl)c2)CC1. The number of amides is 1. The third-order valence-corrected chi connectivity index (χ3v) is 6.56. The molecule has 5 nitrogen and oxygen atoms in total. The van der Waals surface area contributed by atoms with Crippen molar-refractivity contribution in [1.82, 2.24) is 9.80 Å². The van der Waals surface area contributed by atoms with Crippen LogP contribution >= 0.6 is 11.6 Å². The second kappa shape index (κ2) is 6.79. The van der Waals surface area contributed by atoms with Gasteiger partial charge in [0.2, 0.25) is 5.91 Å². The first-order valence-corrected chi connectivity index (χ1v) is 10.1. The summed E-state index contributed by atoms with van der Waals surface area (Å²) in [5, 5.41) is 0.735. The Morgan fingerprint density at radius 1 is 1.22 bits per heavy atom. The molecule has 0 aliphatic carbocycles. The van der Waals surface area contributed by atoms with Crippen LogP contribution in [0.4, 0.5) is 0 Å². The van der Waals surface area contributed by atoms with Crippen LogP contribution in [0.1, 0.15) is 12.0 Å². The molecule has 0 saturated carbocycles. The van der Waals surface area contributed by atoms with Crippen LogP contribution in [-0.2, 0) is 21.2 Å². The monoisotopic (exact) mass is 356 g/mol. The molecule has 2 heterocycles. The molecule has 2 saturated heterocycles. The molecule has 3 rings (SSSR count). The molecule has 0 bridgehead atoms. The average molecular weight is 357 g/mol. The predicted octanol–water partition coefficient (Wildman–Crippen LogP) is 1.42. The van der Waals surface area contributed by atoms with Crippen molar-refractivity contribution in [2.24, 2.45) is 5.92 Å². The fraction of sp³-hybridized carbons (Fsp3) is 0.562. The first kappa shape index (κ1) is 16.7. The molecule has 7 heteroatoms. The van der Waals surface area contributed by atoms with E-state index in [1.165, 1.54) is 5.56 Å². The van der Waals surface area contributed by atoms with Crippen molar-refractivity contribution in [3.63, 3.8) is 0 Å². The van der Waals surface area contributed by atoms with E-state index >= 15 is 0 Å². The van der Waals surface area contributed by atoms with Crippen molar-refractivity contribution in [3.05, 3.63) is 34.9 Å². The largest absolute Gasteiger partial charge is 0.340 e. The standard InChI is InChI=1S/C16H21ClN2O3S/c17-15-3-1-2-13(10-15)11-18-5-7-19(8-6-18)16(20)14-4-9-23(21,22)12-14/h1-3,10,14H,4-9,11-12H2. The highest BCUT2D eigenvalue weighted by atomic mass is 35.5. The summed E-state index contributed by atoms with van der Waals surface area (Å²) in [7, 11) is -3.01. The number of nitrogens with zero attached hydrogens (tertiary/aromatic N) is 2. The van der Waals surface area contributed by atoms with Crippen molar-refractivity contribution in [2.45, 2.75) is 13.0 Å². The number of carbonyl (C=O) groups excluding carboxylic acids is 1. The first-order valence-electron chi connectivity index (χ1n) is 7.89. The minimum Gasteiger partial charge on any atom is -0.340 e. The highest BCUT2D eigenvalue weighted by Gasteiger charge is 2.36. The van der Waals surface area contributed by atoms with E-state index in [-0.39, 0.29) is 23.3 Å². The van der Waals surface area contributed by atoms with Gasteiger partial charge in [-0.05, 0) is 24.1 Å². The highest BCUT2D eigenvalue weighted by Crippen LogP contribution is 2.22. The number of benzene rings is 1. The van der Waals surface area contributed by atoms with Gasteiger partial charge in [-0.15, -0.1) is 0 Å². The summed E-state index contributed by atoms with van der Waals surface area (Å²) in [5.74, 6) is -0.153. The molecular weight excluding hydrogens is 336 g/mol. The molecule has 2 fully saturated rings. The molecule has 2 aliphatic heterocycles. The second-order valence-corrected chi connectivity index (χ2v) is 9.00. The molecule has 0 N–H and O–H groups in total. The Kier molecular flexibility index (Phi) is 4.94. The fourth-order valence-electron chi connectivity index (χ4n) is 3.27. The van der Waals surface area contributed by atoms with E-state index in [1.54, 1.807) is 0 Å². The van der Waals surface area contributed by atoms with E-state index in [1.807, 2.05) is 29.2 Å². The summed E-state index contributed by atoms with van der Waals surface area (Å²) < 4.78 is 23.0. The maximum atomic E-state index is 12.4. The van der Waals surface area contributed by atoms with E-state index in [2.05, 4.69) is 4.90 Å². The number of hydrogen-bond donors (Lipinski definition) is 0. The van der Waals surface area contributed by atoms with E-state index in [0.29, 0.717) is 19.5 Å². The Balaban J connectivity index is 1.51. The van der Waals surface area contributed by atoms with Crippen molar-refractivity contribution in [1.29, 1.82) is 0 Å². The van der Waals surface area contributed by atoms with E-state index < -0.39 is 9.84 Å². The Hall–Kier alpha value is -1.11. The zero-order valence-corrected chi connectivity index (χ0v) is 14.5. The lowest BCUT2D eigenvalue weighted by Gasteiger charge is -2.35. The van der Waals surface area contributed by atoms with Crippen molar-refractivity contribution < 1.29 is 13.2 Å². The van der Waals surface area contributed by atoms with Gasteiger partial charge in [0.1, 0.15) is 0 Å². The quantitative estimate of drug-likeness (QED) is 0.822. The van der Waals surface area contributed by atoms with Crippen molar-refractivity contribution in [2.75, 3.05) is 37.7 Å².